The molecular formula is C35H42N4O5. The van der Waals surface area contributed by atoms with Crippen molar-refractivity contribution in [1.82, 2.24) is 9.80 Å². The van der Waals surface area contributed by atoms with Gasteiger partial charge in [-0.15, -0.1) is 0 Å². The third-order valence-electron chi connectivity index (χ3n) is 8.09. The number of benzene rings is 3. The lowest BCUT2D eigenvalue weighted by molar-refractivity contribution is -0.153. The Labute approximate surface area is 259 Å². The van der Waals surface area contributed by atoms with Crippen LogP contribution < -0.4 is 10.5 Å². The number of rotatable bonds is 13. The number of methoxy groups -OCH3 is 1. The van der Waals surface area contributed by atoms with Crippen LogP contribution in [-0.2, 0) is 38.7 Å². The normalized spacial score (nSPS) is 17.8. The molecule has 0 saturated heterocycles. The summed E-state index contributed by atoms with van der Waals surface area (Å²) in [6, 6.07) is 25.7. The predicted molar refractivity (Wildman–Crippen MR) is 169 cm³/mol. The van der Waals surface area contributed by atoms with Gasteiger partial charge in [0, 0.05) is 45.1 Å². The van der Waals surface area contributed by atoms with E-state index < -0.39 is 0 Å². The van der Waals surface area contributed by atoms with Crippen LogP contribution in [0.15, 0.2) is 83.9 Å². The smallest absolute Gasteiger partial charge is 0.325 e. The van der Waals surface area contributed by atoms with Crippen LogP contribution in [0.2, 0.25) is 0 Å². The minimum Gasteiger partial charge on any atom is -0.494 e. The maximum absolute atomic E-state index is 13.3. The molecule has 2 atom stereocenters. The summed E-state index contributed by atoms with van der Waals surface area (Å²) in [5.41, 5.74) is 10.0. The standard InChI is InChI=1S/C35H42N4O5/c1-42-29-14-8-15-31(21-29)44-34(41)25-39-24-28-20-30(17-18-32(28)37-35(39)36)43-19-9-16-33(40)38(22-26-10-4-2-5-11-26)23-27-12-6-3-7-13-27/h2-7,10-13,17-18,20,29,31H,8-9,14-16,19,21-25H2,1H3,(H2,36,37). The number of esters is 1. The van der Waals surface area contributed by atoms with Crippen LogP contribution in [-0.4, -0.2) is 60.1 Å². The fraction of sp³-hybridized carbons (Fsp3) is 0.400. The van der Waals surface area contributed by atoms with E-state index in [4.69, 9.17) is 19.9 Å². The predicted octanol–water partition coefficient (Wildman–Crippen LogP) is 5.34. The highest BCUT2D eigenvalue weighted by atomic mass is 16.5. The van der Waals surface area contributed by atoms with Crippen molar-refractivity contribution < 1.29 is 23.8 Å². The van der Waals surface area contributed by atoms with E-state index in [1.807, 2.05) is 83.8 Å². The molecule has 5 rings (SSSR count). The number of guanidine groups is 1. The first-order valence-corrected chi connectivity index (χ1v) is 15.4. The Morgan fingerprint density at radius 1 is 0.955 bits per heavy atom. The highest BCUT2D eigenvalue weighted by molar-refractivity contribution is 5.87. The molecule has 1 amide bonds. The van der Waals surface area contributed by atoms with Crippen LogP contribution in [0.4, 0.5) is 5.69 Å². The van der Waals surface area contributed by atoms with E-state index in [-0.39, 0.29) is 36.6 Å². The quantitative estimate of drug-likeness (QED) is 0.209. The average molecular weight is 599 g/mol. The van der Waals surface area contributed by atoms with Crippen molar-refractivity contribution in [2.24, 2.45) is 10.7 Å². The molecule has 0 radical (unpaired) electrons. The van der Waals surface area contributed by atoms with E-state index in [0.29, 0.717) is 44.8 Å². The van der Waals surface area contributed by atoms with Gasteiger partial charge in [-0.05, 0) is 55.0 Å². The SMILES string of the molecule is COC1CCCC(OC(=O)CN2Cc3cc(OCCCC(=O)N(Cc4ccccc4)Cc4ccccc4)ccc3N=C2N)C1. The van der Waals surface area contributed by atoms with Gasteiger partial charge in [-0.1, -0.05) is 60.7 Å². The molecule has 9 nitrogen and oxygen atoms in total. The molecule has 2 aliphatic rings. The molecule has 232 valence electrons. The maximum Gasteiger partial charge on any atom is 0.325 e. The lowest BCUT2D eigenvalue weighted by atomic mass is 9.95. The van der Waals surface area contributed by atoms with Gasteiger partial charge in [-0.25, -0.2) is 4.99 Å². The zero-order chi connectivity index (χ0) is 30.7. The first kappa shape index (κ1) is 31.1. The monoisotopic (exact) mass is 598 g/mol. The molecule has 1 heterocycles. The Hall–Kier alpha value is -4.37. The second-order valence-corrected chi connectivity index (χ2v) is 11.4. The van der Waals surface area contributed by atoms with Gasteiger partial charge < -0.3 is 29.7 Å². The molecule has 1 aliphatic carbocycles. The van der Waals surface area contributed by atoms with Crippen LogP contribution in [0.5, 0.6) is 5.75 Å². The fourth-order valence-electron chi connectivity index (χ4n) is 5.72. The summed E-state index contributed by atoms with van der Waals surface area (Å²) in [5.74, 6) is 0.743. The number of hydrogen-bond donors (Lipinski definition) is 1. The topological polar surface area (TPSA) is 107 Å². The maximum atomic E-state index is 13.3. The third kappa shape index (κ3) is 8.83. The van der Waals surface area contributed by atoms with Crippen molar-refractivity contribution in [3.8, 4) is 5.75 Å². The van der Waals surface area contributed by atoms with Gasteiger partial charge in [0.25, 0.3) is 0 Å². The number of nitrogens with zero attached hydrogens (tertiary/aromatic N) is 3. The van der Waals surface area contributed by atoms with Crippen LogP contribution in [0.1, 0.15) is 55.2 Å². The minimum atomic E-state index is -0.320. The van der Waals surface area contributed by atoms with Crippen molar-refractivity contribution in [2.45, 2.75) is 70.4 Å². The van der Waals surface area contributed by atoms with Gasteiger partial charge in [0.15, 0.2) is 5.96 Å². The van der Waals surface area contributed by atoms with E-state index in [9.17, 15) is 9.59 Å². The molecule has 0 aromatic heterocycles. The molecule has 44 heavy (non-hydrogen) atoms. The Morgan fingerprint density at radius 3 is 2.32 bits per heavy atom. The summed E-state index contributed by atoms with van der Waals surface area (Å²) in [4.78, 5) is 34.1. The van der Waals surface area contributed by atoms with E-state index in [1.165, 1.54) is 0 Å². The lowest BCUT2D eigenvalue weighted by Crippen LogP contribution is -2.43. The van der Waals surface area contributed by atoms with Gasteiger partial charge >= 0.3 is 5.97 Å². The second-order valence-electron chi connectivity index (χ2n) is 11.4. The molecule has 3 aromatic carbocycles. The summed E-state index contributed by atoms with van der Waals surface area (Å²) in [6.07, 6.45) is 4.52. The highest BCUT2D eigenvalue weighted by Gasteiger charge is 2.27. The summed E-state index contributed by atoms with van der Waals surface area (Å²) in [5, 5.41) is 0. The summed E-state index contributed by atoms with van der Waals surface area (Å²) in [7, 11) is 1.70. The van der Waals surface area contributed by atoms with Gasteiger partial charge in [0.05, 0.1) is 18.4 Å². The number of carbonyl (C=O) groups excluding carboxylic acids is 2. The third-order valence-corrected chi connectivity index (χ3v) is 8.09. The summed E-state index contributed by atoms with van der Waals surface area (Å²) >= 11 is 0. The zero-order valence-corrected chi connectivity index (χ0v) is 25.4. The minimum absolute atomic E-state index is 0.0264. The Morgan fingerprint density at radius 2 is 1.64 bits per heavy atom. The van der Waals surface area contributed by atoms with Crippen LogP contribution in [0.3, 0.4) is 0 Å². The number of carbonyl (C=O) groups is 2. The number of fused-ring (bicyclic) bond motifs is 1. The van der Waals surface area contributed by atoms with Crippen LogP contribution in [0.25, 0.3) is 0 Å². The van der Waals surface area contributed by atoms with Crippen molar-refractivity contribution in [3.05, 3.63) is 95.6 Å². The zero-order valence-electron chi connectivity index (χ0n) is 25.4. The van der Waals surface area contributed by atoms with Gasteiger partial charge in [0.1, 0.15) is 18.4 Å². The molecule has 0 bridgehead atoms. The van der Waals surface area contributed by atoms with Gasteiger partial charge in [-0.2, -0.15) is 0 Å². The van der Waals surface area contributed by atoms with E-state index in [1.54, 1.807) is 12.0 Å². The summed E-state index contributed by atoms with van der Waals surface area (Å²) in [6.45, 7) is 1.97. The molecule has 3 aromatic rings. The molecule has 2 N–H and O–H groups in total. The molecule has 1 aliphatic heterocycles. The largest absolute Gasteiger partial charge is 0.494 e. The van der Waals surface area contributed by atoms with Gasteiger partial charge in [0.2, 0.25) is 5.91 Å². The molecule has 1 saturated carbocycles. The number of amides is 1. The lowest BCUT2D eigenvalue weighted by Gasteiger charge is -2.30. The molecular weight excluding hydrogens is 556 g/mol. The van der Waals surface area contributed by atoms with Crippen molar-refractivity contribution in [3.63, 3.8) is 0 Å². The van der Waals surface area contributed by atoms with Crippen molar-refractivity contribution >= 4 is 23.5 Å². The first-order chi connectivity index (χ1) is 21.5. The molecule has 2 unspecified atom stereocenters. The number of aliphatic imine (C=N–C) groups is 1. The second kappa shape index (κ2) is 15.4. The van der Waals surface area contributed by atoms with Gasteiger partial charge in [-0.3, -0.25) is 9.59 Å². The highest BCUT2D eigenvalue weighted by Crippen LogP contribution is 2.30. The van der Waals surface area contributed by atoms with E-state index in [0.717, 1.165) is 48.1 Å². The summed E-state index contributed by atoms with van der Waals surface area (Å²) < 4.78 is 17.2. The van der Waals surface area contributed by atoms with Crippen molar-refractivity contribution in [1.29, 1.82) is 0 Å². The molecule has 1 fully saturated rings. The number of ether oxygens (including phenoxy) is 3. The first-order valence-electron chi connectivity index (χ1n) is 15.4. The number of nitrogens with two attached hydrogens (primary N) is 1. The van der Waals surface area contributed by atoms with E-state index >= 15 is 0 Å². The van der Waals surface area contributed by atoms with E-state index in [2.05, 4.69) is 4.99 Å². The average Bonchev–Trinajstić information content (AvgIpc) is 3.04. The number of hydrogen-bond acceptors (Lipinski definition) is 8. The molecule has 0 spiro atoms. The Bertz CT molecular complexity index is 1370. The van der Waals surface area contributed by atoms with Crippen LogP contribution in [0, 0.1) is 0 Å². The Balaban J connectivity index is 1.11. The van der Waals surface area contributed by atoms with Crippen LogP contribution >= 0.6 is 0 Å². The Kier molecular flexibility index (Phi) is 10.9. The molecule has 9 heteroatoms. The fourth-order valence-corrected chi connectivity index (χ4v) is 5.72. The van der Waals surface area contributed by atoms with Crippen molar-refractivity contribution in [2.75, 3.05) is 20.3 Å².